The van der Waals surface area contributed by atoms with Crippen molar-refractivity contribution < 1.29 is 19.7 Å². The molecular formula is C13H24O4. The Hall–Kier alpha value is -0.160. The lowest BCUT2D eigenvalue weighted by atomic mass is 9.61. The van der Waals surface area contributed by atoms with Gasteiger partial charge in [0.25, 0.3) is 0 Å². The highest BCUT2D eigenvalue weighted by Crippen LogP contribution is 2.51. The lowest BCUT2D eigenvalue weighted by Gasteiger charge is -2.49. The minimum Gasteiger partial charge on any atom is -0.396 e. The standard InChI is InChI=1S/C13H24O4/c1-11(2,15)12(7-8-14)3-5-13(6-4-12)16-9-10-17-13/h14-15H,3-10H2,1-2H3. The van der Waals surface area contributed by atoms with E-state index in [2.05, 4.69) is 0 Å². The summed E-state index contributed by atoms with van der Waals surface area (Å²) in [6, 6.07) is 0. The molecule has 0 amide bonds. The number of ether oxygens (including phenoxy) is 2. The number of hydrogen-bond acceptors (Lipinski definition) is 4. The summed E-state index contributed by atoms with van der Waals surface area (Å²) in [5, 5.41) is 19.6. The number of rotatable bonds is 3. The maximum Gasteiger partial charge on any atom is 0.168 e. The first-order chi connectivity index (χ1) is 7.93. The van der Waals surface area contributed by atoms with E-state index in [0.29, 0.717) is 19.6 Å². The first-order valence-corrected chi connectivity index (χ1v) is 6.54. The first-order valence-electron chi connectivity index (χ1n) is 6.54. The molecule has 1 saturated heterocycles. The molecule has 0 atom stereocenters. The quantitative estimate of drug-likeness (QED) is 0.789. The Bertz CT molecular complexity index is 253. The summed E-state index contributed by atoms with van der Waals surface area (Å²) in [5.74, 6) is -0.399. The van der Waals surface area contributed by atoms with E-state index in [9.17, 15) is 10.2 Å². The van der Waals surface area contributed by atoms with E-state index in [4.69, 9.17) is 9.47 Å². The fraction of sp³-hybridized carbons (Fsp3) is 1.00. The van der Waals surface area contributed by atoms with E-state index in [0.717, 1.165) is 25.7 Å². The number of aliphatic hydroxyl groups excluding tert-OH is 1. The van der Waals surface area contributed by atoms with Crippen molar-refractivity contribution in [1.29, 1.82) is 0 Å². The molecule has 0 aromatic carbocycles. The van der Waals surface area contributed by atoms with E-state index in [1.54, 1.807) is 0 Å². The van der Waals surface area contributed by atoms with Gasteiger partial charge in [0, 0.05) is 24.9 Å². The number of hydrogen-bond donors (Lipinski definition) is 2. The van der Waals surface area contributed by atoms with Gasteiger partial charge in [0.2, 0.25) is 0 Å². The molecular weight excluding hydrogens is 220 g/mol. The van der Waals surface area contributed by atoms with Gasteiger partial charge >= 0.3 is 0 Å². The zero-order valence-corrected chi connectivity index (χ0v) is 10.9. The molecule has 2 N–H and O–H groups in total. The van der Waals surface area contributed by atoms with Crippen LogP contribution in [0, 0.1) is 5.41 Å². The molecule has 1 aliphatic heterocycles. The highest BCUT2D eigenvalue weighted by atomic mass is 16.7. The number of aliphatic hydroxyl groups is 2. The van der Waals surface area contributed by atoms with Crippen LogP contribution in [0.2, 0.25) is 0 Å². The van der Waals surface area contributed by atoms with Crippen molar-refractivity contribution >= 4 is 0 Å². The lowest BCUT2D eigenvalue weighted by Crippen LogP contribution is -2.50. The zero-order valence-electron chi connectivity index (χ0n) is 10.9. The van der Waals surface area contributed by atoms with E-state index >= 15 is 0 Å². The van der Waals surface area contributed by atoms with E-state index in [-0.39, 0.29) is 12.0 Å². The Balaban J connectivity index is 2.07. The van der Waals surface area contributed by atoms with Crippen molar-refractivity contribution in [3.63, 3.8) is 0 Å². The second kappa shape index (κ2) is 4.50. The average molecular weight is 244 g/mol. The maximum atomic E-state index is 10.4. The molecule has 17 heavy (non-hydrogen) atoms. The molecule has 4 nitrogen and oxygen atoms in total. The molecule has 2 fully saturated rings. The van der Waals surface area contributed by atoms with Crippen molar-refractivity contribution in [3.05, 3.63) is 0 Å². The summed E-state index contributed by atoms with van der Waals surface area (Å²) >= 11 is 0. The summed E-state index contributed by atoms with van der Waals surface area (Å²) < 4.78 is 11.4. The topological polar surface area (TPSA) is 58.9 Å². The van der Waals surface area contributed by atoms with Crippen LogP contribution in [0.4, 0.5) is 0 Å². The van der Waals surface area contributed by atoms with Crippen LogP contribution in [0.1, 0.15) is 46.0 Å². The third-order valence-electron chi connectivity index (χ3n) is 4.67. The van der Waals surface area contributed by atoms with Crippen LogP contribution < -0.4 is 0 Å². The van der Waals surface area contributed by atoms with Crippen LogP contribution in [-0.2, 0) is 9.47 Å². The summed E-state index contributed by atoms with van der Waals surface area (Å²) in [6.07, 6.45) is 3.97. The monoisotopic (exact) mass is 244 g/mol. The molecule has 2 aliphatic rings. The Morgan fingerprint density at radius 2 is 1.59 bits per heavy atom. The maximum absolute atomic E-state index is 10.4. The molecule has 0 aromatic heterocycles. The minimum absolute atomic E-state index is 0.124. The highest BCUT2D eigenvalue weighted by molar-refractivity contribution is 4.99. The van der Waals surface area contributed by atoms with Crippen molar-refractivity contribution in [2.24, 2.45) is 5.41 Å². The van der Waals surface area contributed by atoms with Crippen LogP contribution in [-0.4, -0.2) is 41.4 Å². The molecule has 1 spiro atoms. The van der Waals surface area contributed by atoms with Gasteiger partial charge < -0.3 is 19.7 Å². The van der Waals surface area contributed by atoms with Gasteiger partial charge in [-0.25, -0.2) is 0 Å². The molecule has 1 aliphatic carbocycles. The SMILES string of the molecule is CC(C)(O)C1(CCO)CCC2(CC1)OCCO2. The fourth-order valence-corrected chi connectivity index (χ4v) is 3.28. The summed E-state index contributed by atoms with van der Waals surface area (Å²) in [5.41, 5.74) is -0.974. The van der Waals surface area contributed by atoms with Crippen LogP contribution in [0.15, 0.2) is 0 Å². The van der Waals surface area contributed by atoms with Crippen LogP contribution in [0.5, 0.6) is 0 Å². The zero-order chi connectivity index (χ0) is 12.6. The van der Waals surface area contributed by atoms with Gasteiger partial charge in [-0.2, -0.15) is 0 Å². The second-order valence-electron chi connectivity index (χ2n) is 5.92. The van der Waals surface area contributed by atoms with Crippen molar-refractivity contribution in [1.82, 2.24) is 0 Å². The molecule has 2 rings (SSSR count). The normalized spacial score (nSPS) is 27.5. The second-order valence-corrected chi connectivity index (χ2v) is 5.92. The molecule has 4 heteroatoms. The summed E-state index contributed by atoms with van der Waals surface area (Å²) in [6.45, 7) is 5.16. The fourth-order valence-electron chi connectivity index (χ4n) is 3.28. The van der Waals surface area contributed by atoms with Gasteiger partial charge in [-0.1, -0.05) is 0 Å². The predicted octanol–water partition coefficient (Wildman–Crippen LogP) is 1.44. The van der Waals surface area contributed by atoms with Crippen molar-refractivity contribution in [3.8, 4) is 0 Å². The molecule has 0 radical (unpaired) electrons. The van der Waals surface area contributed by atoms with Crippen molar-refractivity contribution in [2.75, 3.05) is 19.8 Å². The minimum atomic E-state index is -0.768. The van der Waals surface area contributed by atoms with Gasteiger partial charge in [-0.3, -0.25) is 0 Å². The Morgan fingerprint density at radius 1 is 1.06 bits per heavy atom. The molecule has 100 valence electrons. The highest BCUT2D eigenvalue weighted by Gasteiger charge is 2.51. The van der Waals surface area contributed by atoms with Crippen LogP contribution in [0.25, 0.3) is 0 Å². The van der Waals surface area contributed by atoms with Gasteiger partial charge in [0.05, 0.1) is 18.8 Å². The largest absolute Gasteiger partial charge is 0.396 e. The lowest BCUT2D eigenvalue weighted by molar-refractivity contribution is -0.212. The average Bonchev–Trinajstić information content (AvgIpc) is 2.70. The van der Waals surface area contributed by atoms with Gasteiger partial charge in [-0.15, -0.1) is 0 Å². The molecule has 1 saturated carbocycles. The Morgan fingerprint density at radius 3 is 2.00 bits per heavy atom. The first kappa shape index (κ1) is 13.3. The van der Waals surface area contributed by atoms with E-state index in [1.807, 2.05) is 13.8 Å². The third-order valence-corrected chi connectivity index (χ3v) is 4.67. The van der Waals surface area contributed by atoms with E-state index in [1.165, 1.54) is 0 Å². The van der Waals surface area contributed by atoms with Gasteiger partial charge in [-0.05, 0) is 33.1 Å². The smallest absolute Gasteiger partial charge is 0.168 e. The van der Waals surface area contributed by atoms with Gasteiger partial charge in [0.15, 0.2) is 5.79 Å². The van der Waals surface area contributed by atoms with Crippen LogP contribution in [0.3, 0.4) is 0 Å². The molecule has 0 aromatic rings. The Labute approximate surface area is 103 Å². The Kier molecular flexibility index (Phi) is 3.51. The summed E-state index contributed by atoms with van der Waals surface area (Å²) in [4.78, 5) is 0. The molecule has 1 heterocycles. The van der Waals surface area contributed by atoms with Crippen molar-refractivity contribution in [2.45, 2.75) is 57.3 Å². The van der Waals surface area contributed by atoms with Crippen LogP contribution >= 0.6 is 0 Å². The van der Waals surface area contributed by atoms with Gasteiger partial charge in [0.1, 0.15) is 0 Å². The molecule has 0 bridgehead atoms. The third kappa shape index (κ3) is 2.36. The predicted molar refractivity (Wildman–Crippen MR) is 63.5 cm³/mol. The summed E-state index contributed by atoms with van der Waals surface area (Å²) in [7, 11) is 0. The molecule has 0 unspecified atom stereocenters. The van der Waals surface area contributed by atoms with E-state index < -0.39 is 11.4 Å².